The second kappa shape index (κ2) is 10.0. The van der Waals surface area contributed by atoms with Crippen molar-refractivity contribution in [2.24, 2.45) is 5.92 Å². The Hall–Kier alpha value is -1.79. The van der Waals surface area contributed by atoms with Crippen LogP contribution in [0.4, 0.5) is 0 Å². The van der Waals surface area contributed by atoms with E-state index in [1.807, 2.05) is 13.8 Å². The fraction of sp³-hybridized carbons (Fsp3) is 0.476. The standard InChI is InChI=1S/C21H29N3O5S3/c1-16(2)23(3)31(26,27)19-8-6-17(7-9-19)15-22-21(25)18-10-12-24(13-11-18)32(28,29)20-5-4-14-30-20/h4-9,14,16,18H,10-13,15H2,1-3H3,(H,22,25). The van der Waals surface area contributed by atoms with Gasteiger partial charge in [0.15, 0.2) is 0 Å². The number of carbonyl (C=O) groups is 1. The van der Waals surface area contributed by atoms with E-state index in [0.717, 1.165) is 5.56 Å². The van der Waals surface area contributed by atoms with Gasteiger partial charge in [0.25, 0.3) is 10.0 Å². The first-order valence-corrected chi connectivity index (χ1v) is 14.2. The van der Waals surface area contributed by atoms with Gasteiger partial charge in [0.1, 0.15) is 4.21 Å². The first kappa shape index (κ1) is 24.8. The van der Waals surface area contributed by atoms with Gasteiger partial charge in [0.2, 0.25) is 15.9 Å². The Bertz CT molecular complexity index is 1120. The van der Waals surface area contributed by atoms with Crippen molar-refractivity contribution in [1.82, 2.24) is 13.9 Å². The molecule has 0 radical (unpaired) electrons. The Morgan fingerprint density at radius 1 is 1.12 bits per heavy atom. The summed E-state index contributed by atoms with van der Waals surface area (Å²) in [7, 11) is -5.48. The predicted molar refractivity (Wildman–Crippen MR) is 124 cm³/mol. The van der Waals surface area contributed by atoms with E-state index < -0.39 is 20.0 Å². The third kappa shape index (κ3) is 5.40. The van der Waals surface area contributed by atoms with Crippen LogP contribution in [-0.2, 0) is 31.4 Å². The van der Waals surface area contributed by atoms with Gasteiger partial charge in [-0.1, -0.05) is 18.2 Å². The van der Waals surface area contributed by atoms with Gasteiger partial charge >= 0.3 is 0 Å². The third-order valence-electron chi connectivity index (χ3n) is 5.71. The van der Waals surface area contributed by atoms with Crippen molar-refractivity contribution < 1.29 is 21.6 Å². The number of thiophene rings is 1. The van der Waals surface area contributed by atoms with Crippen molar-refractivity contribution in [3.05, 3.63) is 47.3 Å². The number of sulfonamides is 2. The van der Waals surface area contributed by atoms with Crippen LogP contribution in [0.25, 0.3) is 0 Å². The highest BCUT2D eigenvalue weighted by molar-refractivity contribution is 7.91. The van der Waals surface area contributed by atoms with E-state index in [1.54, 1.807) is 48.8 Å². The van der Waals surface area contributed by atoms with Crippen LogP contribution >= 0.6 is 11.3 Å². The molecule has 1 aromatic carbocycles. The molecule has 176 valence electrons. The molecule has 0 bridgehead atoms. The monoisotopic (exact) mass is 499 g/mol. The fourth-order valence-electron chi connectivity index (χ4n) is 3.45. The average Bonchev–Trinajstić information content (AvgIpc) is 3.33. The van der Waals surface area contributed by atoms with E-state index in [9.17, 15) is 21.6 Å². The molecule has 32 heavy (non-hydrogen) atoms. The zero-order valence-corrected chi connectivity index (χ0v) is 20.8. The summed E-state index contributed by atoms with van der Waals surface area (Å²) in [5.74, 6) is -0.362. The smallest absolute Gasteiger partial charge is 0.252 e. The summed E-state index contributed by atoms with van der Waals surface area (Å²) in [4.78, 5) is 12.8. The molecular weight excluding hydrogens is 470 g/mol. The summed E-state index contributed by atoms with van der Waals surface area (Å²) < 4.78 is 53.4. The minimum absolute atomic E-state index is 0.116. The van der Waals surface area contributed by atoms with Crippen LogP contribution in [0.5, 0.6) is 0 Å². The molecule has 1 amide bonds. The van der Waals surface area contributed by atoms with Gasteiger partial charge in [0.05, 0.1) is 4.90 Å². The molecule has 2 aromatic rings. The van der Waals surface area contributed by atoms with Crippen LogP contribution in [0.1, 0.15) is 32.3 Å². The molecule has 3 rings (SSSR count). The van der Waals surface area contributed by atoms with Crippen molar-refractivity contribution in [1.29, 1.82) is 0 Å². The molecule has 1 aliphatic heterocycles. The number of nitrogens with zero attached hydrogens (tertiary/aromatic N) is 2. The first-order chi connectivity index (χ1) is 15.0. The molecular formula is C21H29N3O5S3. The summed E-state index contributed by atoms with van der Waals surface area (Å²) in [5.41, 5.74) is 0.794. The maximum absolute atomic E-state index is 12.6. The molecule has 11 heteroatoms. The molecule has 8 nitrogen and oxygen atoms in total. The SMILES string of the molecule is CC(C)N(C)S(=O)(=O)c1ccc(CNC(=O)C2CCN(S(=O)(=O)c3cccs3)CC2)cc1. The van der Waals surface area contributed by atoms with Crippen molar-refractivity contribution in [3.8, 4) is 0 Å². The van der Waals surface area contributed by atoms with Crippen LogP contribution in [-0.4, -0.2) is 57.5 Å². The molecule has 1 aromatic heterocycles. The van der Waals surface area contributed by atoms with Gasteiger partial charge in [0, 0.05) is 38.6 Å². The van der Waals surface area contributed by atoms with E-state index in [-0.39, 0.29) is 29.3 Å². The Balaban J connectivity index is 1.52. The topological polar surface area (TPSA) is 104 Å². The van der Waals surface area contributed by atoms with Gasteiger partial charge in [-0.05, 0) is 55.8 Å². The Morgan fingerprint density at radius 3 is 2.28 bits per heavy atom. The molecule has 0 unspecified atom stereocenters. The van der Waals surface area contributed by atoms with Crippen LogP contribution in [0.3, 0.4) is 0 Å². The van der Waals surface area contributed by atoms with Crippen LogP contribution < -0.4 is 5.32 Å². The summed E-state index contributed by atoms with van der Waals surface area (Å²) in [6, 6.07) is 9.63. The van der Waals surface area contributed by atoms with E-state index >= 15 is 0 Å². The van der Waals surface area contributed by atoms with Crippen LogP contribution in [0.15, 0.2) is 50.9 Å². The molecule has 1 saturated heterocycles. The summed E-state index contributed by atoms with van der Waals surface area (Å²) in [5, 5.41) is 4.62. The van der Waals surface area contributed by atoms with E-state index in [0.29, 0.717) is 30.1 Å². The molecule has 1 aliphatic rings. The lowest BCUT2D eigenvalue weighted by atomic mass is 9.97. The highest BCUT2D eigenvalue weighted by Gasteiger charge is 2.32. The normalized spacial score (nSPS) is 16.5. The number of amides is 1. The van der Waals surface area contributed by atoms with Crippen molar-refractivity contribution in [2.75, 3.05) is 20.1 Å². The maximum Gasteiger partial charge on any atom is 0.252 e. The molecule has 0 atom stereocenters. The molecule has 0 spiro atoms. The summed E-state index contributed by atoms with van der Waals surface area (Å²) >= 11 is 1.19. The van der Waals surface area contributed by atoms with Crippen molar-refractivity contribution in [2.45, 2.75) is 48.4 Å². The number of benzene rings is 1. The average molecular weight is 500 g/mol. The van der Waals surface area contributed by atoms with Crippen molar-refractivity contribution >= 4 is 37.3 Å². The number of hydrogen-bond acceptors (Lipinski definition) is 6. The van der Waals surface area contributed by atoms with Crippen molar-refractivity contribution in [3.63, 3.8) is 0 Å². The van der Waals surface area contributed by atoms with Gasteiger partial charge in [-0.2, -0.15) is 8.61 Å². The summed E-state index contributed by atoms with van der Waals surface area (Å²) in [6.07, 6.45) is 0.935. The Kier molecular flexibility index (Phi) is 7.77. The lowest BCUT2D eigenvalue weighted by Gasteiger charge is -2.30. The van der Waals surface area contributed by atoms with E-state index in [1.165, 1.54) is 19.9 Å². The largest absolute Gasteiger partial charge is 0.352 e. The van der Waals surface area contributed by atoms with Gasteiger partial charge < -0.3 is 5.32 Å². The quantitative estimate of drug-likeness (QED) is 0.601. The van der Waals surface area contributed by atoms with Crippen LogP contribution in [0.2, 0.25) is 0 Å². The van der Waals surface area contributed by atoms with E-state index in [2.05, 4.69) is 5.32 Å². The molecule has 1 N–H and O–H groups in total. The maximum atomic E-state index is 12.6. The van der Waals surface area contributed by atoms with E-state index in [4.69, 9.17) is 0 Å². The second-order valence-electron chi connectivity index (χ2n) is 8.09. The lowest BCUT2D eigenvalue weighted by molar-refractivity contribution is -0.126. The molecule has 0 saturated carbocycles. The Morgan fingerprint density at radius 2 is 1.75 bits per heavy atom. The van der Waals surface area contributed by atoms with Gasteiger partial charge in [-0.15, -0.1) is 11.3 Å². The minimum atomic E-state index is -3.54. The zero-order valence-electron chi connectivity index (χ0n) is 18.4. The van der Waals surface area contributed by atoms with Crippen LogP contribution in [0, 0.1) is 5.92 Å². The molecule has 0 aliphatic carbocycles. The van der Waals surface area contributed by atoms with Gasteiger partial charge in [-0.25, -0.2) is 16.8 Å². The number of rotatable bonds is 8. The highest BCUT2D eigenvalue weighted by atomic mass is 32.2. The summed E-state index contributed by atoms with van der Waals surface area (Å²) in [6.45, 7) is 4.53. The highest BCUT2D eigenvalue weighted by Crippen LogP contribution is 2.26. The lowest BCUT2D eigenvalue weighted by Crippen LogP contribution is -2.42. The number of nitrogens with one attached hydrogen (secondary N) is 1. The number of carbonyl (C=O) groups excluding carboxylic acids is 1. The molecule has 1 fully saturated rings. The predicted octanol–water partition coefficient (Wildman–Crippen LogP) is 2.49. The van der Waals surface area contributed by atoms with Gasteiger partial charge in [-0.3, -0.25) is 4.79 Å². The number of hydrogen-bond donors (Lipinski definition) is 1. The fourth-order valence-corrected chi connectivity index (χ4v) is 7.43. The molecule has 2 heterocycles. The zero-order chi connectivity index (χ0) is 23.5. The first-order valence-electron chi connectivity index (χ1n) is 10.4. The second-order valence-corrected chi connectivity index (χ2v) is 13.2. The third-order valence-corrected chi connectivity index (χ3v) is 11.0. The Labute approximate surface area is 194 Å². The number of piperidine rings is 1. The minimum Gasteiger partial charge on any atom is -0.352 e.